The summed E-state index contributed by atoms with van der Waals surface area (Å²) < 4.78 is 1.80. The second-order valence-corrected chi connectivity index (χ2v) is 7.96. The molecule has 0 saturated carbocycles. The fourth-order valence-electron chi connectivity index (χ4n) is 4.23. The van der Waals surface area contributed by atoms with Gasteiger partial charge in [0.05, 0.1) is 22.9 Å². The van der Waals surface area contributed by atoms with E-state index in [0.717, 1.165) is 53.8 Å². The zero-order chi connectivity index (χ0) is 21.0. The van der Waals surface area contributed by atoms with Crippen molar-refractivity contribution in [2.45, 2.75) is 31.8 Å². The first-order chi connectivity index (χ1) is 15.3. The van der Waals surface area contributed by atoms with Crippen LogP contribution in [-0.4, -0.2) is 38.2 Å². The molecule has 1 aliphatic heterocycles. The van der Waals surface area contributed by atoms with Crippen LogP contribution in [0.4, 0.5) is 5.69 Å². The molecular weight excluding hydrogens is 386 g/mol. The Kier molecular flexibility index (Phi) is 5.46. The molecule has 0 bridgehead atoms. The normalized spacial score (nSPS) is 17.0. The minimum atomic E-state index is -0.146. The number of benzene rings is 2. The second kappa shape index (κ2) is 8.70. The van der Waals surface area contributed by atoms with Crippen LogP contribution in [0.15, 0.2) is 79.1 Å². The number of nitrogens with one attached hydrogen (secondary N) is 1. The number of piperidine rings is 1. The molecule has 0 aliphatic carbocycles. The maximum absolute atomic E-state index is 13.1. The summed E-state index contributed by atoms with van der Waals surface area (Å²) in [5.74, 6) is 0.0485. The van der Waals surface area contributed by atoms with Crippen molar-refractivity contribution >= 4 is 22.5 Å². The lowest BCUT2D eigenvalue weighted by atomic mass is 10.0. The van der Waals surface area contributed by atoms with Crippen LogP contribution in [0.3, 0.4) is 0 Å². The molecular formula is C25H25N5O. The van der Waals surface area contributed by atoms with Gasteiger partial charge in [0.15, 0.2) is 0 Å². The number of pyridine rings is 1. The summed E-state index contributed by atoms with van der Waals surface area (Å²) in [7, 11) is 0. The van der Waals surface area contributed by atoms with Gasteiger partial charge in [-0.3, -0.25) is 14.7 Å². The van der Waals surface area contributed by atoms with Crippen molar-refractivity contribution in [1.82, 2.24) is 19.7 Å². The molecule has 0 radical (unpaired) electrons. The first kappa shape index (κ1) is 19.5. The fourth-order valence-corrected chi connectivity index (χ4v) is 4.23. The third-order valence-electron chi connectivity index (χ3n) is 5.84. The molecule has 4 aromatic rings. The van der Waals surface area contributed by atoms with E-state index in [1.165, 1.54) is 0 Å². The zero-order valence-electron chi connectivity index (χ0n) is 17.3. The number of fused-ring (bicyclic) bond motifs is 1. The largest absolute Gasteiger partial charge is 0.325 e. The van der Waals surface area contributed by atoms with E-state index >= 15 is 0 Å². The summed E-state index contributed by atoms with van der Waals surface area (Å²) in [4.78, 5) is 20.2. The van der Waals surface area contributed by atoms with E-state index in [-0.39, 0.29) is 11.9 Å². The maximum Gasteiger partial charge on any atom is 0.241 e. The van der Waals surface area contributed by atoms with E-state index < -0.39 is 0 Å². The number of hydrogen-bond acceptors (Lipinski definition) is 4. The lowest BCUT2D eigenvalue weighted by Crippen LogP contribution is -2.46. The molecule has 1 aliphatic rings. The molecule has 1 amide bonds. The van der Waals surface area contributed by atoms with Gasteiger partial charge in [0.1, 0.15) is 0 Å². The fraction of sp³-hybridized carbons (Fsp3) is 0.240. The summed E-state index contributed by atoms with van der Waals surface area (Å²) in [6.07, 6.45) is 6.69. The Labute approximate surface area is 181 Å². The number of amides is 1. The number of para-hydroxylation sites is 1. The minimum absolute atomic E-state index is 0.0485. The standard InChI is InChI=1S/C25H25N5O/c31-25(28-20-11-13-22(14-12-20)30-17-5-15-26-30)24-8-3-4-16-29(24)18-21-10-9-19-6-1-2-7-23(19)27-21/h1-2,5-7,9-15,17,24H,3-4,8,16,18H2,(H,28,31). The average molecular weight is 412 g/mol. The van der Waals surface area contributed by atoms with Crippen LogP contribution in [-0.2, 0) is 11.3 Å². The van der Waals surface area contributed by atoms with E-state index in [0.29, 0.717) is 6.54 Å². The molecule has 1 unspecified atom stereocenters. The van der Waals surface area contributed by atoms with E-state index in [1.807, 2.05) is 54.7 Å². The third-order valence-corrected chi connectivity index (χ3v) is 5.84. The van der Waals surface area contributed by atoms with Crippen LogP contribution >= 0.6 is 0 Å². The second-order valence-electron chi connectivity index (χ2n) is 7.96. The Balaban J connectivity index is 1.28. The number of nitrogens with zero attached hydrogens (tertiary/aromatic N) is 4. The Morgan fingerprint density at radius 1 is 1.00 bits per heavy atom. The molecule has 31 heavy (non-hydrogen) atoms. The summed E-state index contributed by atoms with van der Waals surface area (Å²) in [6, 6.07) is 21.8. The average Bonchev–Trinajstić information content (AvgIpc) is 3.35. The van der Waals surface area contributed by atoms with Gasteiger partial charge in [-0.05, 0) is 61.9 Å². The number of carbonyl (C=O) groups excluding carboxylic acids is 1. The highest BCUT2D eigenvalue weighted by Crippen LogP contribution is 2.22. The monoisotopic (exact) mass is 411 g/mol. The van der Waals surface area contributed by atoms with E-state index in [4.69, 9.17) is 4.98 Å². The van der Waals surface area contributed by atoms with Crippen LogP contribution < -0.4 is 5.32 Å². The van der Waals surface area contributed by atoms with E-state index in [2.05, 4.69) is 33.5 Å². The highest BCUT2D eigenvalue weighted by atomic mass is 16.2. The summed E-state index contributed by atoms with van der Waals surface area (Å²) in [5.41, 5.74) is 3.76. The quantitative estimate of drug-likeness (QED) is 0.528. The SMILES string of the molecule is O=C(Nc1ccc(-n2cccn2)cc1)C1CCCCN1Cc1ccc2ccccc2n1. The van der Waals surface area contributed by atoms with Crippen molar-refractivity contribution in [3.05, 3.63) is 84.8 Å². The number of aromatic nitrogens is 3. The van der Waals surface area contributed by atoms with E-state index in [9.17, 15) is 4.79 Å². The molecule has 2 aromatic carbocycles. The highest BCUT2D eigenvalue weighted by Gasteiger charge is 2.29. The molecule has 0 spiro atoms. The van der Waals surface area contributed by atoms with Gasteiger partial charge < -0.3 is 5.32 Å². The van der Waals surface area contributed by atoms with Crippen molar-refractivity contribution in [2.75, 3.05) is 11.9 Å². The smallest absolute Gasteiger partial charge is 0.241 e. The van der Waals surface area contributed by atoms with Crippen molar-refractivity contribution < 1.29 is 4.79 Å². The Morgan fingerprint density at radius 3 is 2.71 bits per heavy atom. The first-order valence-corrected chi connectivity index (χ1v) is 10.8. The third kappa shape index (κ3) is 4.34. The molecule has 2 aromatic heterocycles. The molecule has 1 fully saturated rings. The van der Waals surface area contributed by atoms with Gasteiger partial charge in [0.25, 0.3) is 0 Å². The van der Waals surface area contributed by atoms with Crippen LogP contribution in [0.5, 0.6) is 0 Å². The van der Waals surface area contributed by atoms with Crippen LogP contribution in [0.25, 0.3) is 16.6 Å². The van der Waals surface area contributed by atoms with Crippen LogP contribution in [0.2, 0.25) is 0 Å². The van der Waals surface area contributed by atoms with Crippen molar-refractivity contribution in [3.8, 4) is 5.69 Å². The zero-order valence-corrected chi connectivity index (χ0v) is 17.3. The molecule has 5 rings (SSSR count). The highest BCUT2D eigenvalue weighted by molar-refractivity contribution is 5.95. The first-order valence-electron chi connectivity index (χ1n) is 10.8. The van der Waals surface area contributed by atoms with Crippen LogP contribution in [0, 0.1) is 0 Å². The topological polar surface area (TPSA) is 63.1 Å². The van der Waals surface area contributed by atoms with Gasteiger partial charge in [-0.2, -0.15) is 5.10 Å². The van der Waals surface area contributed by atoms with Gasteiger partial charge in [-0.25, -0.2) is 4.68 Å². The predicted octanol–water partition coefficient (Wildman–Crippen LogP) is 4.41. The molecule has 6 heteroatoms. The summed E-state index contributed by atoms with van der Waals surface area (Å²) in [6.45, 7) is 1.59. The Bertz CT molecular complexity index is 1170. The number of hydrogen-bond donors (Lipinski definition) is 1. The number of carbonyl (C=O) groups is 1. The predicted molar refractivity (Wildman–Crippen MR) is 122 cm³/mol. The molecule has 1 N–H and O–H groups in total. The molecule has 156 valence electrons. The van der Waals surface area contributed by atoms with Gasteiger partial charge in [0.2, 0.25) is 5.91 Å². The van der Waals surface area contributed by atoms with Crippen molar-refractivity contribution in [1.29, 1.82) is 0 Å². The maximum atomic E-state index is 13.1. The van der Waals surface area contributed by atoms with Gasteiger partial charge >= 0.3 is 0 Å². The summed E-state index contributed by atoms with van der Waals surface area (Å²) >= 11 is 0. The van der Waals surface area contributed by atoms with Gasteiger partial charge in [-0.15, -0.1) is 0 Å². The van der Waals surface area contributed by atoms with Gasteiger partial charge in [-0.1, -0.05) is 30.7 Å². The Hall–Kier alpha value is -3.51. The molecule has 1 saturated heterocycles. The van der Waals surface area contributed by atoms with Crippen molar-refractivity contribution in [2.24, 2.45) is 0 Å². The molecule has 3 heterocycles. The minimum Gasteiger partial charge on any atom is -0.325 e. The van der Waals surface area contributed by atoms with Gasteiger partial charge in [0, 0.05) is 30.0 Å². The molecule has 1 atom stereocenters. The lowest BCUT2D eigenvalue weighted by molar-refractivity contribution is -0.122. The van der Waals surface area contributed by atoms with Crippen molar-refractivity contribution in [3.63, 3.8) is 0 Å². The lowest BCUT2D eigenvalue weighted by Gasteiger charge is -2.34. The number of likely N-dealkylation sites (tertiary alicyclic amines) is 1. The summed E-state index contributed by atoms with van der Waals surface area (Å²) in [5, 5.41) is 8.47. The Morgan fingerprint density at radius 2 is 1.87 bits per heavy atom. The number of rotatable bonds is 5. The van der Waals surface area contributed by atoms with Crippen LogP contribution in [0.1, 0.15) is 25.0 Å². The van der Waals surface area contributed by atoms with E-state index in [1.54, 1.807) is 10.9 Å². The molecule has 6 nitrogen and oxygen atoms in total. The number of anilines is 1.